The van der Waals surface area contributed by atoms with E-state index in [4.69, 9.17) is 30.5 Å². The molecule has 1 N–H and O–H groups in total. The van der Waals surface area contributed by atoms with Crippen LogP contribution in [-0.4, -0.2) is 103 Å². The van der Waals surface area contributed by atoms with Crippen LogP contribution < -0.4 is 14.8 Å². The monoisotopic (exact) mass is 971 g/mol. The number of aryl methyl sites for hydroxylation is 2. The summed E-state index contributed by atoms with van der Waals surface area (Å²) in [5.41, 5.74) is 4.75. The number of methoxy groups -OCH3 is 1. The normalized spacial score (nSPS) is 17.5. The van der Waals surface area contributed by atoms with E-state index in [0.29, 0.717) is 57.1 Å². The number of alkyl carbamates (subject to hydrolysis) is 1. The molecule has 18 nitrogen and oxygen atoms in total. The molecule has 368 valence electrons. The van der Waals surface area contributed by atoms with E-state index in [2.05, 4.69) is 15.0 Å². The van der Waals surface area contributed by atoms with Gasteiger partial charge in [-0.3, -0.25) is 9.69 Å². The molecule has 3 aromatic carbocycles. The van der Waals surface area contributed by atoms with Gasteiger partial charge < -0.3 is 38.8 Å². The summed E-state index contributed by atoms with van der Waals surface area (Å²) >= 11 is 5.93. The van der Waals surface area contributed by atoms with Crippen molar-refractivity contribution < 1.29 is 62.0 Å². The summed E-state index contributed by atoms with van der Waals surface area (Å²) in [5, 5.41) is 21.7. The number of ether oxygens (including phenoxy) is 4. The molecule has 1 aliphatic carbocycles. The van der Waals surface area contributed by atoms with Gasteiger partial charge in [-0.05, 0) is 129 Å². The van der Waals surface area contributed by atoms with Gasteiger partial charge >= 0.3 is 12.2 Å². The first-order valence-corrected chi connectivity index (χ1v) is 23.0. The van der Waals surface area contributed by atoms with Gasteiger partial charge in [0.2, 0.25) is 0 Å². The van der Waals surface area contributed by atoms with Crippen LogP contribution in [0.4, 0.5) is 18.4 Å². The van der Waals surface area contributed by atoms with Gasteiger partial charge in [0.25, 0.3) is 16.1 Å². The van der Waals surface area contributed by atoms with Crippen LogP contribution in [0.1, 0.15) is 86.5 Å². The molecular weight excluding hydrogens is 916 g/mol. The third kappa shape index (κ3) is 14.1. The molecule has 2 fully saturated rings. The van der Waals surface area contributed by atoms with Gasteiger partial charge in [-0.15, -0.1) is 20.2 Å². The number of hydrogen-bond donors (Lipinski definition) is 1. The Morgan fingerprint density at radius 3 is 2.13 bits per heavy atom. The summed E-state index contributed by atoms with van der Waals surface area (Å²) < 4.78 is 50.3. The van der Waals surface area contributed by atoms with E-state index in [1.54, 1.807) is 12.0 Å². The van der Waals surface area contributed by atoms with Crippen molar-refractivity contribution in [2.75, 3.05) is 46.7 Å². The molecule has 2 bridgehead atoms. The lowest BCUT2D eigenvalue weighted by Crippen LogP contribution is -2.58. The van der Waals surface area contributed by atoms with E-state index < -0.39 is 51.1 Å². The Bertz CT molecular complexity index is 2300. The number of halogens is 3. The van der Waals surface area contributed by atoms with Gasteiger partial charge in [0, 0.05) is 30.7 Å². The summed E-state index contributed by atoms with van der Waals surface area (Å²) in [6.07, 6.45) is 3.55. The van der Waals surface area contributed by atoms with Crippen LogP contribution in [0.2, 0.25) is 5.02 Å². The molecule has 3 unspecified atom stereocenters. The number of nitrogens with zero attached hydrogens (tertiary/aromatic N) is 4. The lowest BCUT2D eigenvalue weighted by Gasteiger charge is -2.50. The molecule has 0 aromatic heterocycles. The molecule has 3 aromatic rings. The number of carbonyl (C=O) groups is 3. The standard InChI is InChI=1S/C47H56ClF2N5O13/c1-30-24-32(11-18-41(30)63-2)29-52(35-14-15-35)45(56)42-37(34-12-9-31(10-13-34)8-7-21-64-44-39(50)17-16-38(49)43(44)48)27-36-25-33(28-51-46(57)65-19-3-5-22-67-54(59)60)26-40(42)53(36)47(58)66-20-4-6-23-68-55(61)62/h9-13,16-18,24,33,35-36,40H,3-8,14-15,19-23,25-29H2,1-2H3,(H,51,57). The fourth-order valence-electron chi connectivity index (χ4n) is 8.72. The summed E-state index contributed by atoms with van der Waals surface area (Å²) in [6.45, 7) is 2.21. The molecule has 1 saturated heterocycles. The number of rotatable bonds is 25. The van der Waals surface area contributed by atoms with E-state index in [0.717, 1.165) is 58.6 Å². The summed E-state index contributed by atoms with van der Waals surface area (Å²) in [4.78, 5) is 75.7. The Balaban J connectivity index is 1.27. The average Bonchev–Trinajstić information content (AvgIpc) is 4.16. The van der Waals surface area contributed by atoms with Crippen LogP contribution in [0, 0.1) is 44.7 Å². The van der Waals surface area contributed by atoms with Crippen molar-refractivity contribution in [1.29, 1.82) is 0 Å². The largest absolute Gasteiger partial charge is 0.496 e. The smallest absolute Gasteiger partial charge is 0.410 e. The van der Waals surface area contributed by atoms with Crippen molar-refractivity contribution in [1.82, 2.24) is 15.1 Å². The Labute approximate surface area is 397 Å². The fourth-order valence-corrected chi connectivity index (χ4v) is 8.93. The highest BCUT2D eigenvalue weighted by Crippen LogP contribution is 2.46. The lowest BCUT2D eigenvalue weighted by atomic mass is 9.73. The van der Waals surface area contributed by atoms with E-state index in [1.165, 1.54) is 0 Å². The first-order chi connectivity index (χ1) is 32.7. The second-order valence-electron chi connectivity index (χ2n) is 17.0. The van der Waals surface area contributed by atoms with Crippen molar-refractivity contribution in [3.05, 3.63) is 119 Å². The van der Waals surface area contributed by atoms with Gasteiger partial charge in [-0.2, -0.15) is 0 Å². The zero-order valence-electron chi connectivity index (χ0n) is 38.0. The van der Waals surface area contributed by atoms with Crippen LogP contribution in [-0.2, 0) is 36.9 Å². The predicted octanol–water partition coefficient (Wildman–Crippen LogP) is 8.58. The molecule has 0 spiro atoms. The Kier molecular flexibility index (Phi) is 18.4. The maximum Gasteiger partial charge on any atom is 0.410 e. The number of carbonyl (C=O) groups excluding carboxylic acids is 3. The van der Waals surface area contributed by atoms with Gasteiger partial charge in [-0.1, -0.05) is 48.0 Å². The van der Waals surface area contributed by atoms with E-state index in [1.807, 2.05) is 54.3 Å². The third-order valence-corrected chi connectivity index (χ3v) is 12.5. The number of unbranched alkanes of at least 4 members (excludes halogenated alkanes) is 2. The lowest BCUT2D eigenvalue weighted by molar-refractivity contribution is -0.757. The number of piperidine rings is 1. The minimum atomic E-state index is -0.884. The molecule has 0 radical (unpaired) electrons. The molecule has 3 aliphatic rings. The summed E-state index contributed by atoms with van der Waals surface area (Å²) in [5.74, 6) is -1.60. The molecule has 68 heavy (non-hydrogen) atoms. The molecule has 2 heterocycles. The molecular formula is C47H56ClF2N5O13. The SMILES string of the molecule is COc1ccc(CN(C(=O)C2=C(c3ccc(CCCOc4c(F)ccc(F)c4Cl)cc3)CC3CC(CNC(=O)OCCCCO[N+](=O)[O-])CC2N3C(=O)OCCCCO[N+](=O)[O-])C2CC2)cc1C. The van der Waals surface area contributed by atoms with Crippen molar-refractivity contribution in [2.24, 2.45) is 5.92 Å². The number of fused-ring (bicyclic) bond motifs is 2. The molecule has 2 aliphatic heterocycles. The van der Waals surface area contributed by atoms with E-state index >= 15 is 4.79 Å². The highest BCUT2D eigenvalue weighted by Gasteiger charge is 2.49. The summed E-state index contributed by atoms with van der Waals surface area (Å²) in [7, 11) is 1.60. The van der Waals surface area contributed by atoms with E-state index in [-0.39, 0.29) is 76.0 Å². The summed E-state index contributed by atoms with van der Waals surface area (Å²) in [6, 6.07) is 14.1. The first-order valence-electron chi connectivity index (χ1n) is 22.7. The van der Waals surface area contributed by atoms with Gasteiger partial charge in [0.05, 0.1) is 46.2 Å². The second kappa shape index (κ2) is 24.5. The molecule has 3 amide bonds. The highest BCUT2D eigenvalue weighted by atomic mass is 35.5. The number of hydrogen-bond acceptors (Lipinski definition) is 13. The van der Waals surface area contributed by atoms with Crippen LogP contribution in [0.25, 0.3) is 5.57 Å². The van der Waals surface area contributed by atoms with Crippen molar-refractivity contribution in [3.8, 4) is 11.5 Å². The van der Waals surface area contributed by atoms with Gasteiger partial charge in [-0.25, -0.2) is 18.4 Å². The maximum atomic E-state index is 15.4. The van der Waals surface area contributed by atoms with Crippen LogP contribution in [0.5, 0.6) is 11.5 Å². The van der Waals surface area contributed by atoms with Crippen LogP contribution in [0.15, 0.2) is 60.2 Å². The molecule has 6 rings (SSSR count). The zero-order chi connectivity index (χ0) is 48.7. The average molecular weight is 972 g/mol. The predicted molar refractivity (Wildman–Crippen MR) is 242 cm³/mol. The topological polar surface area (TPSA) is 211 Å². The molecule has 1 saturated carbocycles. The number of benzene rings is 3. The fraction of sp³-hybridized carbons (Fsp3) is 0.511. The highest BCUT2D eigenvalue weighted by molar-refractivity contribution is 6.32. The van der Waals surface area contributed by atoms with Crippen LogP contribution in [0.3, 0.4) is 0 Å². The van der Waals surface area contributed by atoms with Crippen molar-refractivity contribution in [2.45, 2.75) is 102 Å². The minimum Gasteiger partial charge on any atom is -0.496 e. The van der Waals surface area contributed by atoms with Crippen molar-refractivity contribution >= 4 is 35.3 Å². The minimum absolute atomic E-state index is 0.0202. The Hall–Kier alpha value is -6.44. The van der Waals surface area contributed by atoms with Crippen LogP contribution >= 0.6 is 11.6 Å². The number of amides is 3. The maximum absolute atomic E-state index is 15.4. The second-order valence-corrected chi connectivity index (χ2v) is 17.3. The first kappa shape index (κ1) is 51.0. The quantitative estimate of drug-likeness (QED) is 0.0365. The van der Waals surface area contributed by atoms with Gasteiger partial charge in [0.15, 0.2) is 11.6 Å². The third-order valence-electron chi connectivity index (χ3n) is 12.1. The zero-order valence-corrected chi connectivity index (χ0v) is 38.7. The van der Waals surface area contributed by atoms with Crippen molar-refractivity contribution in [3.63, 3.8) is 0 Å². The molecule has 21 heteroatoms. The Morgan fingerprint density at radius 2 is 1.49 bits per heavy atom. The molecule has 3 atom stereocenters. The van der Waals surface area contributed by atoms with E-state index in [9.17, 15) is 38.6 Å². The number of nitrogens with one attached hydrogen (secondary N) is 1. The van der Waals surface area contributed by atoms with Gasteiger partial charge in [0.1, 0.15) is 16.6 Å². The Morgan fingerprint density at radius 1 is 0.838 bits per heavy atom.